The predicted molar refractivity (Wildman–Crippen MR) is 67.3 cm³/mol. The van der Waals surface area contributed by atoms with Crippen molar-refractivity contribution < 1.29 is 22.0 Å². The van der Waals surface area contributed by atoms with Gasteiger partial charge in [0, 0.05) is 18.1 Å². The van der Waals surface area contributed by atoms with E-state index in [1.807, 2.05) is 0 Å². The predicted octanol–water partition coefficient (Wildman–Crippen LogP) is 4.56. The number of hydrogen-bond donors (Lipinski definition) is 1. The van der Waals surface area contributed by atoms with Crippen LogP contribution in [0, 0.1) is 0 Å². The molecule has 0 unspecified atom stereocenters. The van der Waals surface area contributed by atoms with Gasteiger partial charge in [0.25, 0.3) is 0 Å². The highest BCUT2D eigenvalue weighted by atomic mass is 35.5. The molecule has 0 aliphatic carbocycles. The minimum Gasteiger partial charge on any atom is -0.378 e. The lowest BCUT2D eigenvalue weighted by Gasteiger charge is -2.13. The molecule has 2 rings (SSSR count). The van der Waals surface area contributed by atoms with Crippen molar-refractivity contribution in [2.45, 2.75) is 19.3 Å². The summed E-state index contributed by atoms with van der Waals surface area (Å²) in [6.45, 7) is -2.91. The number of rotatable bonds is 4. The number of alkyl halides is 5. The van der Waals surface area contributed by atoms with Crippen molar-refractivity contribution >= 4 is 17.3 Å². The Bertz CT molecular complexity index is 624. The molecule has 0 radical (unpaired) electrons. The van der Waals surface area contributed by atoms with Crippen molar-refractivity contribution in [3.05, 3.63) is 47.0 Å². The zero-order chi connectivity index (χ0) is 15.6. The Kier molecular flexibility index (Phi) is 4.36. The Labute approximate surface area is 121 Å². The normalized spacial score (nSPS) is 12.0. The molecule has 1 aromatic carbocycles. The quantitative estimate of drug-likeness (QED) is 0.835. The van der Waals surface area contributed by atoms with Crippen LogP contribution in [0.15, 0.2) is 30.6 Å². The van der Waals surface area contributed by atoms with E-state index in [1.54, 1.807) is 0 Å². The van der Waals surface area contributed by atoms with Crippen LogP contribution in [-0.2, 0) is 12.7 Å². The van der Waals surface area contributed by atoms with Gasteiger partial charge in [0.15, 0.2) is 0 Å². The van der Waals surface area contributed by atoms with Gasteiger partial charge < -0.3 is 5.32 Å². The van der Waals surface area contributed by atoms with Gasteiger partial charge in [-0.05, 0) is 18.2 Å². The van der Waals surface area contributed by atoms with Gasteiger partial charge in [-0.1, -0.05) is 11.6 Å². The number of halogens is 6. The molecule has 2 aromatic rings. The molecule has 3 nitrogen and oxygen atoms in total. The summed E-state index contributed by atoms with van der Waals surface area (Å²) >= 11 is 5.48. The number of nitrogens with zero attached hydrogens (tertiary/aromatic N) is 2. The maximum absolute atomic E-state index is 12.7. The summed E-state index contributed by atoms with van der Waals surface area (Å²) < 4.78 is 63.8. The number of imidazole rings is 1. The number of hydrogen-bond acceptors (Lipinski definition) is 2. The lowest BCUT2D eigenvalue weighted by atomic mass is 10.2. The van der Waals surface area contributed by atoms with E-state index in [4.69, 9.17) is 11.6 Å². The molecule has 21 heavy (non-hydrogen) atoms. The fourth-order valence-electron chi connectivity index (χ4n) is 1.69. The number of aromatic nitrogens is 2. The summed E-state index contributed by atoms with van der Waals surface area (Å²) in [5.41, 5.74) is -0.887. The number of benzene rings is 1. The average Bonchev–Trinajstić information content (AvgIpc) is 2.85. The third kappa shape index (κ3) is 3.63. The first-order chi connectivity index (χ1) is 9.79. The molecule has 114 valence electrons. The molecule has 0 fully saturated rings. The van der Waals surface area contributed by atoms with Gasteiger partial charge in [-0.3, -0.25) is 4.57 Å². The van der Waals surface area contributed by atoms with Gasteiger partial charge in [-0.25, -0.2) is 4.98 Å². The van der Waals surface area contributed by atoms with E-state index in [1.165, 1.54) is 12.3 Å². The second-order valence-corrected chi connectivity index (χ2v) is 4.48. The molecule has 0 spiro atoms. The lowest BCUT2D eigenvalue weighted by molar-refractivity contribution is -0.137. The summed E-state index contributed by atoms with van der Waals surface area (Å²) in [4.78, 5) is 3.71. The van der Waals surface area contributed by atoms with Gasteiger partial charge in [-0.15, -0.1) is 0 Å². The molecule has 0 bridgehead atoms. The third-order valence-corrected chi connectivity index (χ3v) is 3.01. The summed E-state index contributed by atoms with van der Waals surface area (Å²) in [6.07, 6.45) is -2.31. The zero-order valence-corrected chi connectivity index (χ0v) is 11.1. The Morgan fingerprint density at radius 3 is 2.62 bits per heavy atom. The Morgan fingerprint density at radius 1 is 1.29 bits per heavy atom. The van der Waals surface area contributed by atoms with Crippen molar-refractivity contribution in [2.75, 3.05) is 5.32 Å². The maximum Gasteiger partial charge on any atom is 0.417 e. The minimum atomic E-state index is -4.59. The van der Waals surface area contributed by atoms with Gasteiger partial charge in [0.1, 0.15) is 5.82 Å². The Morgan fingerprint density at radius 2 is 2.00 bits per heavy atom. The smallest absolute Gasteiger partial charge is 0.378 e. The van der Waals surface area contributed by atoms with Crippen LogP contribution < -0.4 is 5.32 Å². The SMILES string of the molecule is FC(F)n1ccnc1CNc1ccc(Cl)c(C(F)(F)F)c1. The topological polar surface area (TPSA) is 29.9 Å². The zero-order valence-electron chi connectivity index (χ0n) is 10.3. The van der Waals surface area contributed by atoms with Crippen molar-refractivity contribution in [1.29, 1.82) is 0 Å². The Balaban J connectivity index is 2.16. The monoisotopic (exact) mass is 325 g/mol. The highest BCUT2D eigenvalue weighted by Crippen LogP contribution is 2.36. The third-order valence-electron chi connectivity index (χ3n) is 2.68. The summed E-state index contributed by atoms with van der Waals surface area (Å²) in [6, 6.07) is 3.23. The highest BCUT2D eigenvalue weighted by Gasteiger charge is 2.33. The molecule has 0 saturated carbocycles. The fraction of sp³-hybridized carbons (Fsp3) is 0.250. The molecular formula is C12H9ClF5N3. The number of anilines is 1. The van der Waals surface area contributed by atoms with E-state index < -0.39 is 23.3 Å². The van der Waals surface area contributed by atoms with E-state index in [0.29, 0.717) is 4.57 Å². The minimum absolute atomic E-state index is 0.00788. The largest absolute Gasteiger partial charge is 0.417 e. The van der Waals surface area contributed by atoms with Crippen LogP contribution in [-0.4, -0.2) is 9.55 Å². The van der Waals surface area contributed by atoms with Gasteiger partial charge in [0.05, 0.1) is 17.1 Å². The summed E-state index contributed by atoms with van der Waals surface area (Å²) in [7, 11) is 0. The van der Waals surface area contributed by atoms with Crippen LogP contribution >= 0.6 is 11.6 Å². The maximum atomic E-state index is 12.7. The second kappa shape index (κ2) is 5.88. The molecule has 1 N–H and O–H groups in total. The standard InChI is InChI=1S/C12H9ClF5N3/c13-9-2-1-7(5-8(9)12(16,17)18)20-6-10-19-3-4-21(10)11(14)15/h1-5,11,20H,6H2. The van der Waals surface area contributed by atoms with Crippen LogP contribution in [0.25, 0.3) is 0 Å². The van der Waals surface area contributed by atoms with Crippen molar-refractivity contribution in [3.63, 3.8) is 0 Å². The van der Waals surface area contributed by atoms with E-state index in [9.17, 15) is 22.0 Å². The molecule has 0 amide bonds. The van der Waals surface area contributed by atoms with E-state index in [2.05, 4.69) is 10.3 Å². The molecule has 0 saturated heterocycles. The van der Waals surface area contributed by atoms with Crippen molar-refractivity contribution in [3.8, 4) is 0 Å². The molecule has 1 heterocycles. The summed E-state index contributed by atoms with van der Waals surface area (Å²) in [5, 5.41) is 2.18. The molecule has 0 atom stereocenters. The second-order valence-electron chi connectivity index (χ2n) is 4.07. The highest BCUT2D eigenvalue weighted by molar-refractivity contribution is 6.31. The molecular weight excluding hydrogens is 317 g/mol. The number of nitrogens with one attached hydrogen (secondary N) is 1. The fourth-order valence-corrected chi connectivity index (χ4v) is 1.92. The van der Waals surface area contributed by atoms with E-state index in [-0.39, 0.29) is 18.1 Å². The van der Waals surface area contributed by atoms with Crippen LogP contribution in [0.1, 0.15) is 17.9 Å². The van der Waals surface area contributed by atoms with Crippen LogP contribution in [0.3, 0.4) is 0 Å². The molecule has 0 aliphatic heterocycles. The molecule has 1 aromatic heterocycles. The molecule has 9 heteroatoms. The first kappa shape index (κ1) is 15.6. The average molecular weight is 326 g/mol. The van der Waals surface area contributed by atoms with Crippen LogP contribution in [0.2, 0.25) is 5.02 Å². The van der Waals surface area contributed by atoms with Gasteiger partial charge >= 0.3 is 12.7 Å². The lowest BCUT2D eigenvalue weighted by Crippen LogP contribution is -2.10. The van der Waals surface area contributed by atoms with Crippen molar-refractivity contribution in [1.82, 2.24) is 9.55 Å². The summed E-state index contributed by atoms with van der Waals surface area (Å²) in [5.74, 6) is 0.00788. The first-order valence-corrected chi connectivity index (χ1v) is 6.07. The van der Waals surface area contributed by atoms with E-state index >= 15 is 0 Å². The van der Waals surface area contributed by atoms with Crippen LogP contribution in [0.5, 0.6) is 0 Å². The van der Waals surface area contributed by atoms with E-state index in [0.717, 1.165) is 18.3 Å². The molecule has 0 aliphatic rings. The van der Waals surface area contributed by atoms with Crippen LogP contribution in [0.4, 0.5) is 27.6 Å². The first-order valence-electron chi connectivity index (χ1n) is 5.69. The van der Waals surface area contributed by atoms with Gasteiger partial charge in [0.2, 0.25) is 0 Å². The van der Waals surface area contributed by atoms with Crippen molar-refractivity contribution in [2.24, 2.45) is 0 Å². The Hall–Kier alpha value is -1.83. The van der Waals surface area contributed by atoms with Gasteiger partial charge in [-0.2, -0.15) is 22.0 Å².